The molecule has 3 aromatic carbocycles. The summed E-state index contributed by atoms with van der Waals surface area (Å²) in [7, 11) is 0. The highest BCUT2D eigenvalue weighted by Gasteiger charge is 2.21. The Balaban J connectivity index is 1.91. The zero-order valence-electron chi connectivity index (χ0n) is 15.2. The summed E-state index contributed by atoms with van der Waals surface area (Å²) >= 11 is 9.37. The number of aryl methyl sites for hydroxylation is 1. The van der Waals surface area contributed by atoms with Crippen LogP contribution in [-0.2, 0) is 0 Å². The molecule has 0 aliphatic heterocycles. The molecule has 0 radical (unpaired) electrons. The van der Waals surface area contributed by atoms with Gasteiger partial charge in [-0.2, -0.15) is 0 Å². The fraction of sp³-hybridized carbons (Fsp3) is 0.0435. The summed E-state index contributed by atoms with van der Waals surface area (Å²) in [6.07, 6.45) is 0. The third-order valence-electron chi connectivity index (χ3n) is 4.38. The predicted octanol–water partition coefficient (Wildman–Crippen LogP) is 6.40. The molecule has 6 heteroatoms. The zero-order valence-corrected chi connectivity index (χ0v) is 17.6. The Morgan fingerprint density at radius 1 is 1.03 bits per heavy atom. The summed E-state index contributed by atoms with van der Waals surface area (Å²) in [6, 6.07) is 18.9. The van der Waals surface area contributed by atoms with Gasteiger partial charge in [-0.1, -0.05) is 63.4 Å². The van der Waals surface area contributed by atoms with Gasteiger partial charge in [-0.05, 0) is 43.3 Å². The van der Waals surface area contributed by atoms with Crippen LogP contribution >= 0.6 is 27.5 Å². The molecule has 29 heavy (non-hydrogen) atoms. The van der Waals surface area contributed by atoms with Crippen LogP contribution in [0.25, 0.3) is 22.3 Å². The Bertz CT molecular complexity index is 1290. The molecule has 0 aliphatic rings. The number of ether oxygens (including phenoxy) is 1. The van der Waals surface area contributed by atoms with E-state index in [0.29, 0.717) is 21.7 Å². The Morgan fingerprint density at radius 2 is 1.79 bits per heavy atom. The monoisotopic (exact) mass is 468 g/mol. The molecule has 0 spiro atoms. The lowest BCUT2D eigenvalue weighted by atomic mass is 10.1. The zero-order chi connectivity index (χ0) is 20.5. The first-order chi connectivity index (χ1) is 13.9. The third-order valence-corrected chi connectivity index (χ3v) is 5.11. The van der Waals surface area contributed by atoms with Crippen LogP contribution in [0.5, 0.6) is 5.75 Å². The summed E-state index contributed by atoms with van der Waals surface area (Å²) in [4.78, 5) is 25.9. The summed E-state index contributed by atoms with van der Waals surface area (Å²) in [5.74, 6) is -0.643. The molecule has 1 heterocycles. The number of hydrogen-bond donors (Lipinski definition) is 0. The molecule has 0 bridgehead atoms. The van der Waals surface area contributed by atoms with Gasteiger partial charge >= 0.3 is 5.97 Å². The number of halogens is 2. The van der Waals surface area contributed by atoms with Crippen molar-refractivity contribution >= 4 is 44.5 Å². The summed E-state index contributed by atoms with van der Waals surface area (Å²) in [5.41, 5.74) is 1.88. The Kier molecular flexibility index (Phi) is 5.26. The predicted molar refractivity (Wildman–Crippen MR) is 117 cm³/mol. The molecule has 0 saturated carbocycles. The molecule has 0 amide bonds. The van der Waals surface area contributed by atoms with E-state index < -0.39 is 11.4 Å². The van der Waals surface area contributed by atoms with Crippen LogP contribution in [0, 0.1) is 6.92 Å². The normalized spacial score (nSPS) is 10.9. The number of carbonyl (C=O) groups is 1. The van der Waals surface area contributed by atoms with E-state index in [1.807, 2.05) is 31.2 Å². The molecule has 0 saturated heterocycles. The highest BCUT2D eigenvalue weighted by Crippen LogP contribution is 2.32. The Labute approximate surface area is 179 Å². The lowest BCUT2D eigenvalue weighted by Gasteiger charge is -2.11. The maximum Gasteiger partial charge on any atom is 0.343 e. The number of fused-ring (bicyclic) bond motifs is 1. The van der Waals surface area contributed by atoms with Crippen LogP contribution in [-0.4, -0.2) is 5.97 Å². The third kappa shape index (κ3) is 3.97. The minimum Gasteiger partial charge on any atom is -0.452 e. The van der Waals surface area contributed by atoms with Gasteiger partial charge in [0.2, 0.25) is 11.2 Å². The molecule has 0 fully saturated rings. The van der Waals surface area contributed by atoms with E-state index in [4.69, 9.17) is 20.8 Å². The average Bonchev–Trinajstić information content (AvgIpc) is 2.71. The van der Waals surface area contributed by atoms with Crippen molar-refractivity contribution in [3.8, 4) is 17.1 Å². The fourth-order valence-corrected chi connectivity index (χ4v) is 3.48. The standard InChI is InChI=1S/C23H14BrClO4/c1-13-5-7-14(8-6-13)21-22(29-23(27)15-3-2-4-16(24)11-15)20(26)18-12-17(25)9-10-19(18)28-21/h2-12H,1H3. The maximum atomic E-state index is 13.2. The molecular formula is C23H14BrClO4. The second-order valence-electron chi connectivity index (χ2n) is 6.50. The quantitative estimate of drug-likeness (QED) is 0.326. The minimum atomic E-state index is -0.659. The maximum absolute atomic E-state index is 13.2. The van der Waals surface area contributed by atoms with Crippen molar-refractivity contribution in [3.05, 3.63) is 97.6 Å². The van der Waals surface area contributed by atoms with Crippen LogP contribution in [0.3, 0.4) is 0 Å². The van der Waals surface area contributed by atoms with Crippen LogP contribution in [0.15, 0.2) is 80.4 Å². The van der Waals surface area contributed by atoms with Gasteiger partial charge in [0.05, 0.1) is 10.9 Å². The SMILES string of the molecule is Cc1ccc(-c2oc3ccc(Cl)cc3c(=O)c2OC(=O)c2cccc(Br)c2)cc1. The van der Waals surface area contributed by atoms with E-state index in [0.717, 1.165) is 10.0 Å². The number of hydrogen-bond acceptors (Lipinski definition) is 4. The van der Waals surface area contributed by atoms with Gasteiger partial charge in [0.15, 0.2) is 5.76 Å². The lowest BCUT2D eigenvalue weighted by Crippen LogP contribution is -2.16. The van der Waals surface area contributed by atoms with Crippen LogP contribution in [0.4, 0.5) is 0 Å². The average molecular weight is 470 g/mol. The van der Waals surface area contributed by atoms with Gasteiger partial charge in [0.25, 0.3) is 0 Å². The molecule has 4 nitrogen and oxygen atoms in total. The van der Waals surface area contributed by atoms with Crippen molar-refractivity contribution in [2.45, 2.75) is 6.92 Å². The van der Waals surface area contributed by atoms with E-state index in [9.17, 15) is 9.59 Å². The molecule has 0 atom stereocenters. The van der Waals surface area contributed by atoms with E-state index in [2.05, 4.69) is 15.9 Å². The number of carbonyl (C=O) groups excluding carboxylic acids is 1. The molecule has 144 valence electrons. The van der Waals surface area contributed by atoms with Gasteiger partial charge < -0.3 is 9.15 Å². The van der Waals surface area contributed by atoms with Gasteiger partial charge in [-0.15, -0.1) is 0 Å². The molecule has 0 unspecified atom stereocenters. The Hall–Kier alpha value is -2.89. The van der Waals surface area contributed by atoms with Gasteiger partial charge in [-0.3, -0.25) is 4.79 Å². The van der Waals surface area contributed by atoms with Gasteiger partial charge in [0.1, 0.15) is 5.58 Å². The highest BCUT2D eigenvalue weighted by molar-refractivity contribution is 9.10. The number of rotatable bonds is 3. The lowest BCUT2D eigenvalue weighted by molar-refractivity contribution is 0.0731. The molecule has 0 N–H and O–H groups in total. The van der Waals surface area contributed by atoms with E-state index in [1.165, 1.54) is 6.07 Å². The summed E-state index contributed by atoms with van der Waals surface area (Å²) in [6.45, 7) is 1.95. The molecule has 1 aromatic heterocycles. The first kappa shape index (κ1) is 19.4. The molecule has 4 rings (SSSR count). The van der Waals surface area contributed by atoms with Crippen molar-refractivity contribution in [1.29, 1.82) is 0 Å². The Morgan fingerprint density at radius 3 is 2.52 bits per heavy atom. The summed E-state index contributed by atoms with van der Waals surface area (Å²) < 4.78 is 12.2. The van der Waals surface area contributed by atoms with E-state index in [-0.39, 0.29) is 16.9 Å². The van der Waals surface area contributed by atoms with Crippen molar-refractivity contribution in [3.63, 3.8) is 0 Å². The van der Waals surface area contributed by atoms with Crippen molar-refractivity contribution < 1.29 is 13.9 Å². The first-order valence-electron chi connectivity index (χ1n) is 8.73. The number of benzene rings is 3. The first-order valence-corrected chi connectivity index (χ1v) is 9.90. The van der Waals surface area contributed by atoms with Gasteiger partial charge in [-0.25, -0.2) is 4.79 Å². The van der Waals surface area contributed by atoms with Crippen molar-refractivity contribution in [1.82, 2.24) is 0 Å². The van der Waals surface area contributed by atoms with Crippen LogP contribution < -0.4 is 10.2 Å². The number of esters is 1. The minimum absolute atomic E-state index is 0.173. The largest absolute Gasteiger partial charge is 0.452 e. The molecular weight excluding hydrogens is 456 g/mol. The molecule has 0 aliphatic carbocycles. The summed E-state index contributed by atoms with van der Waals surface area (Å²) in [5, 5.41) is 0.627. The second kappa shape index (κ2) is 7.85. The highest BCUT2D eigenvalue weighted by atomic mass is 79.9. The smallest absolute Gasteiger partial charge is 0.343 e. The van der Waals surface area contributed by atoms with Gasteiger partial charge in [0, 0.05) is 15.1 Å². The van der Waals surface area contributed by atoms with Crippen molar-refractivity contribution in [2.75, 3.05) is 0 Å². The fourth-order valence-electron chi connectivity index (χ4n) is 2.91. The van der Waals surface area contributed by atoms with Crippen LogP contribution in [0.1, 0.15) is 15.9 Å². The van der Waals surface area contributed by atoms with Crippen molar-refractivity contribution in [2.24, 2.45) is 0 Å². The van der Waals surface area contributed by atoms with E-state index >= 15 is 0 Å². The van der Waals surface area contributed by atoms with Crippen LogP contribution in [0.2, 0.25) is 5.02 Å². The van der Waals surface area contributed by atoms with E-state index in [1.54, 1.807) is 36.4 Å². The second-order valence-corrected chi connectivity index (χ2v) is 7.85. The molecule has 4 aromatic rings. The topological polar surface area (TPSA) is 56.5 Å².